The van der Waals surface area contributed by atoms with Crippen molar-refractivity contribution in [3.63, 3.8) is 0 Å². The zero-order valence-electron chi connectivity index (χ0n) is 13.5. The van der Waals surface area contributed by atoms with Gasteiger partial charge in [0.25, 0.3) is 5.56 Å². The van der Waals surface area contributed by atoms with Crippen LogP contribution in [0.3, 0.4) is 0 Å². The largest absolute Gasteiger partial charge is 0.332 e. The Morgan fingerprint density at radius 1 is 1.08 bits per heavy atom. The van der Waals surface area contributed by atoms with Crippen molar-refractivity contribution in [3.05, 3.63) is 70.1 Å². The lowest BCUT2D eigenvalue weighted by molar-refractivity contribution is 0.251. The lowest BCUT2D eigenvalue weighted by Gasteiger charge is -2.10. The van der Waals surface area contributed by atoms with Crippen LogP contribution in [0.5, 0.6) is 0 Å². The van der Waals surface area contributed by atoms with Crippen molar-refractivity contribution in [2.75, 3.05) is 5.32 Å². The fourth-order valence-electron chi connectivity index (χ4n) is 2.48. The van der Waals surface area contributed by atoms with E-state index in [0.29, 0.717) is 11.1 Å². The summed E-state index contributed by atoms with van der Waals surface area (Å²) in [5.41, 5.74) is 2.34. The third-order valence-corrected chi connectivity index (χ3v) is 3.76. The third-order valence-electron chi connectivity index (χ3n) is 3.76. The second kappa shape index (κ2) is 6.54. The summed E-state index contributed by atoms with van der Waals surface area (Å²) in [6.07, 6.45) is 0. The molecule has 0 saturated carbocycles. The molecule has 3 rings (SSSR count). The standard InChI is InChI=1S/C18H18N4O2/c1-12-7-9-13(10-8-12)20-18(24)19-11-16-14-5-3-4-6-15(14)17(23)22(2)21-16/h3-10H,11H2,1-2H3,(H2,19,20,24). The molecule has 0 aliphatic rings. The second-order valence-electron chi connectivity index (χ2n) is 5.59. The molecule has 0 saturated heterocycles. The quantitative estimate of drug-likeness (QED) is 0.778. The molecule has 0 bridgehead atoms. The molecule has 24 heavy (non-hydrogen) atoms. The Kier molecular flexibility index (Phi) is 4.29. The molecule has 1 aromatic heterocycles. The molecule has 2 N–H and O–H groups in total. The molecule has 0 atom stereocenters. The zero-order chi connectivity index (χ0) is 17.1. The van der Waals surface area contributed by atoms with Gasteiger partial charge in [-0.25, -0.2) is 9.48 Å². The number of nitrogens with one attached hydrogen (secondary N) is 2. The molecule has 0 aliphatic carbocycles. The number of anilines is 1. The molecule has 2 aromatic carbocycles. The number of nitrogens with zero attached hydrogens (tertiary/aromatic N) is 2. The van der Waals surface area contributed by atoms with E-state index < -0.39 is 0 Å². The number of amides is 2. The Morgan fingerprint density at radius 3 is 2.46 bits per heavy atom. The molecule has 6 nitrogen and oxygen atoms in total. The van der Waals surface area contributed by atoms with Gasteiger partial charge in [-0.2, -0.15) is 5.10 Å². The van der Waals surface area contributed by atoms with E-state index in [1.807, 2.05) is 49.4 Å². The van der Waals surface area contributed by atoms with Gasteiger partial charge >= 0.3 is 6.03 Å². The molecule has 0 unspecified atom stereocenters. The van der Waals surface area contributed by atoms with Gasteiger partial charge in [-0.1, -0.05) is 35.9 Å². The summed E-state index contributed by atoms with van der Waals surface area (Å²) in [6.45, 7) is 2.21. The number of hydrogen-bond donors (Lipinski definition) is 2. The molecule has 2 amide bonds. The van der Waals surface area contributed by atoms with E-state index in [9.17, 15) is 9.59 Å². The molecule has 0 aliphatic heterocycles. The first-order valence-corrected chi connectivity index (χ1v) is 7.61. The predicted octanol–water partition coefficient (Wildman–Crippen LogP) is 2.56. The maximum atomic E-state index is 12.1. The fraction of sp³-hybridized carbons (Fsp3) is 0.167. The third kappa shape index (κ3) is 3.27. The predicted molar refractivity (Wildman–Crippen MR) is 94.0 cm³/mol. The van der Waals surface area contributed by atoms with Gasteiger partial charge in [0.1, 0.15) is 0 Å². The van der Waals surface area contributed by atoms with Gasteiger partial charge in [0.2, 0.25) is 0 Å². The van der Waals surface area contributed by atoms with E-state index in [-0.39, 0.29) is 18.1 Å². The highest BCUT2D eigenvalue weighted by Crippen LogP contribution is 2.13. The lowest BCUT2D eigenvalue weighted by atomic mass is 10.1. The van der Waals surface area contributed by atoms with Crippen molar-refractivity contribution >= 4 is 22.5 Å². The first-order chi connectivity index (χ1) is 11.5. The molecule has 122 valence electrons. The van der Waals surface area contributed by atoms with Crippen molar-refractivity contribution in [3.8, 4) is 0 Å². The molecule has 0 fully saturated rings. The molecule has 1 heterocycles. The Bertz CT molecular complexity index is 945. The van der Waals surface area contributed by atoms with Gasteiger partial charge in [-0.3, -0.25) is 4.79 Å². The number of carbonyl (C=O) groups excluding carboxylic acids is 1. The SMILES string of the molecule is Cc1ccc(NC(=O)NCc2nn(C)c(=O)c3ccccc23)cc1. The van der Waals surface area contributed by atoms with Crippen molar-refractivity contribution in [1.82, 2.24) is 15.1 Å². The van der Waals surface area contributed by atoms with Gasteiger partial charge in [0, 0.05) is 18.1 Å². The average Bonchev–Trinajstić information content (AvgIpc) is 2.59. The summed E-state index contributed by atoms with van der Waals surface area (Å²) in [7, 11) is 1.60. The first-order valence-electron chi connectivity index (χ1n) is 7.61. The van der Waals surface area contributed by atoms with Crippen LogP contribution in [0.15, 0.2) is 53.3 Å². The van der Waals surface area contributed by atoms with Crippen LogP contribution in [0.2, 0.25) is 0 Å². The monoisotopic (exact) mass is 322 g/mol. The fourth-order valence-corrected chi connectivity index (χ4v) is 2.48. The van der Waals surface area contributed by atoms with Crippen molar-refractivity contribution < 1.29 is 4.79 Å². The lowest BCUT2D eigenvalue weighted by Crippen LogP contribution is -2.30. The topological polar surface area (TPSA) is 76.0 Å². The number of hydrogen-bond acceptors (Lipinski definition) is 3. The van der Waals surface area contributed by atoms with E-state index in [2.05, 4.69) is 15.7 Å². The Labute approximate surface area is 139 Å². The summed E-state index contributed by atoms with van der Waals surface area (Å²) in [6, 6.07) is 14.5. The highest BCUT2D eigenvalue weighted by atomic mass is 16.2. The Balaban J connectivity index is 1.76. The van der Waals surface area contributed by atoms with Crippen LogP contribution in [-0.4, -0.2) is 15.8 Å². The van der Waals surface area contributed by atoms with Crippen LogP contribution < -0.4 is 16.2 Å². The number of aromatic nitrogens is 2. The highest BCUT2D eigenvalue weighted by molar-refractivity contribution is 5.89. The van der Waals surface area contributed by atoms with Gasteiger partial charge in [-0.15, -0.1) is 0 Å². The van der Waals surface area contributed by atoms with Crippen molar-refractivity contribution in [2.24, 2.45) is 7.05 Å². The van der Waals surface area contributed by atoms with Crippen LogP contribution in [0.1, 0.15) is 11.3 Å². The number of rotatable bonds is 3. The Morgan fingerprint density at radius 2 is 1.75 bits per heavy atom. The molecule has 0 radical (unpaired) electrons. The van der Waals surface area contributed by atoms with Crippen molar-refractivity contribution in [1.29, 1.82) is 0 Å². The van der Waals surface area contributed by atoms with E-state index in [0.717, 1.165) is 16.6 Å². The minimum absolute atomic E-state index is 0.154. The number of fused-ring (bicyclic) bond motifs is 1. The zero-order valence-corrected chi connectivity index (χ0v) is 13.5. The maximum absolute atomic E-state index is 12.1. The molecular formula is C18H18N4O2. The van der Waals surface area contributed by atoms with Gasteiger partial charge < -0.3 is 10.6 Å². The minimum atomic E-state index is -0.321. The normalized spacial score (nSPS) is 10.6. The summed E-state index contributed by atoms with van der Waals surface area (Å²) in [5, 5.41) is 11.1. The van der Waals surface area contributed by atoms with Crippen LogP contribution in [0.4, 0.5) is 10.5 Å². The van der Waals surface area contributed by atoms with Crippen LogP contribution in [0, 0.1) is 6.92 Å². The molecular weight excluding hydrogens is 304 g/mol. The summed E-state index contributed by atoms with van der Waals surface area (Å²) < 4.78 is 1.29. The minimum Gasteiger partial charge on any atom is -0.332 e. The van der Waals surface area contributed by atoms with Crippen LogP contribution in [0.25, 0.3) is 10.8 Å². The van der Waals surface area contributed by atoms with E-state index in [1.165, 1.54) is 4.68 Å². The number of aryl methyl sites for hydroxylation is 2. The van der Waals surface area contributed by atoms with Gasteiger partial charge in [0.05, 0.1) is 17.6 Å². The van der Waals surface area contributed by atoms with Gasteiger partial charge in [0.15, 0.2) is 0 Å². The smallest absolute Gasteiger partial charge is 0.319 e. The van der Waals surface area contributed by atoms with Crippen molar-refractivity contribution in [2.45, 2.75) is 13.5 Å². The Hall–Kier alpha value is -3.15. The number of carbonyl (C=O) groups is 1. The number of urea groups is 1. The van der Waals surface area contributed by atoms with E-state index >= 15 is 0 Å². The van der Waals surface area contributed by atoms with Gasteiger partial charge in [-0.05, 0) is 25.1 Å². The molecule has 6 heteroatoms. The van der Waals surface area contributed by atoms with Crippen LogP contribution >= 0.6 is 0 Å². The van der Waals surface area contributed by atoms with E-state index in [1.54, 1.807) is 13.1 Å². The number of benzene rings is 2. The summed E-state index contributed by atoms with van der Waals surface area (Å²) >= 11 is 0. The second-order valence-corrected chi connectivity index (χ2v) is 5.59. The van der Waals surface area contributed by atoms with Crippen LogP contribution in [-0.2, 0) is 13.6 Å². The van der Waals surface area contributed by atoms with E-state index in [4.69, 9.17) is 0 Å². The highest BCUT2D eigenvalue weighted by Gasteiger charge is 2.09. The average molecular weight is 322 g/mol. The summed E-state index contributed by atoms with van der Waals surface area (Å²) in [4.78, 5) is 24.1. The summed E-state index contributed by atoms with van der Waals surface area (Å²) in [5.74, 6) is 0. The molecule has 3 aromatic rings. The first kappa shape index (κ1) is 15.7. The molecule has 0 spiro atoms. The maximum Gasteiger partial charge on any atom is 0.319 e.